The molecule has 7 rings (SSSR count). The van der Waals surface area contributed by atoms with Gasteiger partial charge in [-0.05, 0) is 80.5 Å². The lowest BCUT2D eigenvalue weighted by Crippen LogP contribution is -2.54. The largest absolute Gasteiger partial charge is 0.363 e. The molecule has 0 unspecified atom stereocenters. The third kappa shape index (κ3) is 2.26. The molecule has 4 aliphatic carbocycles. The number of anilines is 1. The summed E-state index contributed by atoms with van der Waals surface area (Å²) in [6, 6.07) is 8.17. The van der Waals surface area contributed by atoms with E-state index in [0.29, 0.717) is 0 Å². The van der Waals surface area contributed by atoms with Gasteiger partial charge in [0, 0.05) is 23.5 Å². The van der Waals surface area contributed by atoms with Crippen molar-refractivity contribution in [2.45, 2.75) is 44.1 Å². The Labute approximate surface area is 152 Å². The predicted octanol–water partition coefficient (Wildman–Crippen LogP) is 4.17. The number of pyridine rings is 1. The molecule has 0 aliphatic heterocycles. The smallest absolute Gasteiger partial charge is 0.154 e. The molecular weight excluding hydrogens is 322 g/mol. The first-order chi connectivity index (χ1) is 12.8. The summed E-state index contributed by atoms with van der Waals surface area (Å²) in [4.78, 5) is 8.63. The van der Waals surface area contributed by atoms with Crippen molar-refractivity contribution in [1.29, 1.82) is 0 Å². The highest BCUT2D eigenvalue weighted by Gasteiger charge is 2.51. The molecule has 26 heavy (non-hydrogen) atoms. The summed E-state index contributed by atoms with van der Waals surface area (Å²) in [5, 5.41) is 8.79. The molecule has 0 spiro atoms. The van der Waals surface area contributed by atoms with Crippen LogP contribution in [0.3, 0.4) is 0 Å². The molecule has 4 aliphatic rings. The lowest BCUT2D eigenvalue weighted by atomic mass is 9.53. The minimum atomic E-state index is 0.271. The first kappa shape index (κ1) is 14.7. The molecule has 5 heteroatoms. The van der Waals surface area contributed by atoms with E-state index in [2.05, 4.69) is 27.4 Å². The lowest BCUT2D eigenvalue weighted by molar-refractivity contribution is 0.0105. The first-order valence-electron chi connectivity index (χ1n) is 9.80. The first-order valence-corrected chi connectivity index (χ1v) is 9.80. The molecule has 132 valence electrons. The van der Waals surface area contributed by atoms with Crippen LogP contribution in [0, 0.1) is 17.8 Å². The number of aromatic nitrogens is 4. The molecule has 0 aromatic carbocycles. The Balaban J connectivity index is 1.37. The van der Waals surface area contributed by atoms with E-state index < -0.39 is 0 Å². The summed E-state index contributed by atoms with van der Waals surface area (Å²) in [5.74, 6) is 3.77. The van der Waals surface area contributed by atoms with Gasteiger partial charge in [0.15, 0.2) is 5.65 Å². The number of fused-ring (bicyclic) bond motifs is 1. The monoisotopic (exact) mass is 345 g/mol. The third-order valence-corrected chi connectivity index (χ3v) is 6.77. The van der Waals surface area contributed by atoms with E-state index in [9.17, 15) is 0 Å². The molecule has 0 atom stereocenters. The zero-order chi connectivity index (χ0) is 17.1. The molecule has 5 nitrogen and oxygen atoms in total. The van der Waals surface area contributed by atoms with Crippen molar-refractivity contribution in [2.24, 2.45) is 17.8 Å². The van der Waals surface area contributed by atoms with Crippen LogP contribution in [0.4, 0.5) is 5.82 Å². The Morgan fingerprint density at radius 3 is 2.31 bits per heavy atom. The van der Waals surface area contributed by atoms with Crippen molar-refractivity contribution in [3.63, 3.8) is 0 Å². The van der Waals surface area contributed by atoms with Gasteiger partial charge in [-0.3, -0.25) is 4.98 Å². The summed E-state index contributed by atoms with van der Waals surface area (Å²) in [7, 11) is 0. The molecule has 1 N–H and O–H groups in total. The van der Waals surface area contributed by atoms with Gasteiger partial charge in [-0.15, -0.1) is 5.10 Å². The van der Waals surface area contributed by atoms with Crippen LogP contribution in [0.1, 0.15) is 38.5 Å². The number of hydrogen-bond acceptors (Lipinski definition) is 4. The Bertz CT molecular complexity index is 926. The molecule has 0 amide bonds. The SMILES string of the molecule is c1cc(-c2cnc3ccc(NC45CC6CC(CC(C6)C4)C5)nn23)ccn1. The Hall–Kier alpha value is -2.43. The fraction of sp³-hybridized carbons (Fsp3) is 0.476. The summed E-state index contributed by atoms with van der Waals surface area (Å²) in [6.07, 6.45) is 13.9. The fourth-order valence-electron chi connectivity index (χ4n) is 6.19. The van der Waals surface area contributed by atoms with E-state index in [1.54, 1.807) is 0 Å². The molecule has 3 aromatic rings. The summed E-state index contributed by atoms with van der Waals surface area (Å²) >= 11 is 0. The predicted molar refractivity (Wildman–Crippen MR) is 101 cm³/mol. The second-order valence-electron chi connectivity index (χ2n) is 8.69. The van der Waals surface area contributed by atoms with E-state index in [1.165, 1.54) is 38.5 Å². The number of hydrogen-bond donors (Lipinski definition) is 1. The van der Waals surface area contributed by atoms with Crippen LogP contribution in [-0.4, -0.2) is 25.1 Å². The van der Waals surface area contributed by atoms with E-state index >= 15 is 0 Å². The van der Waals surface area contributed by atoms with Crippen molar-refractivity contribution in [3.05, 3.63) is 42.9 Å². The fourth-order valence-corrected chi connectivity index (χ4v) is 6.19. The number of rotatable bonds is 3. The number of nitrogens with zero attached hydrogens (tertiary/aromatic N) is 4. The molecule has 0 saturated heterocycles. The minimum Gasteiger partial charge on any atom is -0.363 e. The average molecular weight is 345 g/mol. The van der Waals surface area contributed by atoms with E-state index in [1.807, 2.05) is 35.2 Å². The topological polar surface area (TPSA) is 55.1 Å². The Morgan fingerprint density at radius 1 is 0.923 bits per heavy atom. The maximum Gasteiger partial charge on any atom is 0.154 e. The van der Waals surface area contributed by atoms with Crippen LogP contribution in [0.25, 0.3) is 16.9 Å². The van der Waals surface area contributed by atoms with Gasteiger partial charge in [-0.25, -0.2) is 9.50 Å². The van der Waals surface area contributed by atoms with Crippen LogP contribution in [0.2, 0.25) is 0 Å². The van der Waals surface area contributed by atoms with Gasteiger partial charge in [0.1, 0.15) is 5.82 Å². The Kier molecular flexibility index (Phi) is 2.99. The molecule has 3 heterocycles. The highest BCUT2D eigenvalue weighted by molar-refractivity contribution is 5.63. The standard InChI is InChI=1S/C21H23N5/c1-2-20-23-13-18(17-3-5-22-6-4-17)26(20)25-19(1)24-21-10-14-7-15(11-21)9-16(8-14)12-21/h1-6,13-16H,7-12H2,(H,24,25). The average Bonchev–Trinajstić information content (AvgIpc) is 3.04. The summed E-state index contributed by atoms with van der Waals surface area (Å²) in [5.41, 5.74) is 3.25. The van der Waals surface area contributed by atoms with E-state index in [-0.39, 0.29) is 5.54 Å². The molecule has 4 saturated carbocycles. The van der Waals surface area contributed by atoms with Gasteiger partial charge in [-0.1, -0.05) is 0 Å². The lowest BCUT2D eigenvalue weighted by Gasteiger charge is -2.57. The quantitative estimate of drug-likeness (QED) is 0.774. The summed E-state index contributed by atoms with van der Waals surface area (Å²) in [6.45, 7) is 0. The van der Waals surface area contributed by atoms with Crippen molar-refractivity contribution < 1.29 is 0 Å². The third-order valence-electron chi connectivity index (χ3n) is 6.77. The van der Waals surface area contributed by atoms with Crippen LogP contribution in [-0.2, 0) is 0 Å². The highest BCUT2D eigenvalue weighted by Crippen LogP contribution is 2.56. The molecule has 4 bridgehead atoms. The zero-order valence-corrected chi connectivity index (χ0v) is 14.8. The molecule has 0 radical (unpaired) electrons. The van der Waals surface area contributed by atoms with Crippen molar-refractivity contribution in [2.75, 3.05) is 5.32 Å². The molecule has 4 fully saturated rings. The maximum atomic E-state index is 4.91. The van der Waals surface area contributed by atoms with Gasteiger partial charge < -0.3 is 5.32 Å². The van der Waals surface area contributed by atoms with Gasteiger partial charge in [0.05, 0.1) is 11.9 Å². The van der Waals surface area contributed by atoms with Gasteiger partial charge >= 0.3 is 0 Å². The second kappa shape index (κ2) is 5.29. The van der Waals surface area contributed by atoms with E-state index in [0.717, 1.165) is 40.5 Å². The minimum absolute atomic E-state index is 0.271. The van der Waals surface area contributed by atoms with Crippen LogP contribution < -0.4 is 5.32 Å². The molecule has 3 aromatic heterocycles. The highest BCUT2D eigenvalue weighted by atomic mass is 15.3. The molecular formula is C21H23N5. The normalized spacial score (nSPS) is 32.2. The summed E-state index contributed by atoms with van der Waals surface area (Å²) < 4.78 is 1.96. The Morgan fingerprint density at radius 2 is 1.62 bits per heavy atom. The second-order valence-corrected chi connectivity index (χ2v) is 8.69. The van der Waals surface area contributed by atoms with Crippen molar-refractivity contribution in [1.82, 2.24) is 19.6 Å². The van der Waals surface area contributed by atoms with Crippen LogP contribution in [0.15, 0.2) is 42.9 Å². The van der Waals surface area contributed by atoms with Crippen LogP contribution in [0.5, 0.6) is 0 Å². The van der Waals surface area contributed by atoms with E-state index in [4.69, 9.17) is 5.10 Å². The van der Waals surface area contributed by atoms with Gasteiger partial charge in [0.25, 0.3) is 0 Å². The van der Waals surface area contributed by atoms with Crippen molar-refractivity contribution in [3.8, 4) is 11.3 Å². The number of nitrogens with one attached hydrogen (secondary N) is 1. The van der Waals surface area contributed by atoms with Crippen molar-refractivity contribution >= 4 is 11.5 Å². The van der Waals surface area contributed by atoms with Gasteiger partial charge in [0.2, 0.25) is 0 Å². The zero-order valence-electron chi connectivity index (χ0n) is 14.8. The van der Waals surface area contributed by atoms with Gasteiger partial charge in [-0.2, -0.15) is 0 Å². The maximum absolute atomic E-state index is 4.91. The van der Waals surface area contributed by atoms with Crippen LogP contribution >= 0.6 is 0 Å². The number of imidazole rings is 1.